The fourth-order valence-corrected chi connectivity index (χ4v) is 3.91. The number of aliphatic hydroxyl groups is 1. The molecule has 0 saturated carbocycles. The lowest BCUT2D eigenvalue weighted by Gasteiger charge is -2.21. The van der Waals surface area contributed by atoms with E-state index in [1.807, 2.05) is 24.3 Å². The van der Waals surface area contributed by atoms with E-state index in [2.05, 4.69) is 24.4 Å². The highest BCUT2D eigenvalue weighted by Gasteiger charge is 2.21. The van der Waals surface area contributed by atoms with Gasteiger partial charge in [-0.3, -0.25) is 14.4 Å². The molecule has 8 nitrogen and oxygen atoms in total. The van der Waals surface area contributed by atoms with Crippen LogP contribution < -0.4 is 11.1 Å². The zero-order valence-corrected chi connectivity index (χ0v) is 20.8. The highest BCUT2D eigenvalue weighted by molar-refractivity contribution is 8.00. The van der Waals surface area contributed by atoms with Crippen LogP contribution in [0.25, 0.3) is 0 Å². The molecule has 0 spiro atoms. The van der Waals surface area contributed by atoms with Crippen LogP contribution in [0.4, 0.5) is 0 Å². The topological polar surface area (TPSA) is 150 Å². The lowest BCUT2D eigenvalue weighted by Crippen LogP contribution is -2.44. The summed E-state index contributed by atoms with van der Waals surface area (Å²) in [5.74, 6) is -2.49. The molecule has 0 aliphatic rings. The van der Waals surface area contributed by atoms with Crippen LogP contribution in [0.1, 0.15) is 58.3 Å². The van der Waals surface area contributed by atoms with Crippen molar-refractivity contribution in [3.05, 3.63) is 48.6 Å². The van der Waals surface area contributed by atoms with Gasteiger partial charge in [0.15, 0.2) is 0 Å². The molecule has 34 heavy (non-hydrogen) atoms. The molecule has 1 amide bonds. The molecule has 0 heterocycles. The molecule has 0 fully saturated rings. The maximum absolute atomic E-state index is 11.9. The van der Waals surface area contributed by atoms with E-state index < -0.39 is 41.8 Å². The van der Waals surface area contributed by atoms with Gasteiger partial charge in [0.2, 0.25) is 5.91 Å². The summed E-state index contributed by atoms with van der Waals surface area (Å²) in [5, 5.41) is 29.8. The third kappa shape index (κ3) is 19.1. The average Bonchev–Trinajstić information content (AvgIpc) is 2.79. The van der Waals surface area contributed by atoms with E-state index in [9.17, 15) is 19.5 Å². The number of carbonyl (C=O) groups is 3. The van der Waals surface area contributed by atoms with Crippen LogP contribution in [0.2, 0.25) is 0 Å². The van der Waals surface area contributed by atoms with E-state index in [1.54, 1.807) is 12.2 Å². The van der Waals surface area contributed by atoms with Crippen LogP contribution in [0.15, 0.2) is 48.6 Å². The Morgan fingerprint density at radius 2 is 1.71 bits per heavy atom. The number of nitrogens with two attached hydrogens (primary N) is 1. The van der Waals surface area contributed by atoms with Crippen LogP contribution in [0.3, 0.4) is 0 Å². The molecule has 0 aromatic heterocycles. The van der Waals surface area contributed by atoms with Gasteiger partial charge in [-0.1, -0.05) is 68.4 Å². The maximum Gasteiger partial charge on any atom is 0.322 e. The van der Waals surface area contributed by atoms with E-state index in [4.69, 9.17) is 15.9 Å². The SMILES string of the molecule is CCCCC/C=C\C/C=C/C=C/C=C/[C@H](SC[C@H](N)C(=O)NCC(=O)O)[C@H](O)CCCC(=O)O. The van der Waals surface area contributed by atoms with Crippen LogP contribution in [-0.2, 0) is 14.4 Å². The Hall–Kier alpha value is -2.36. The number of rotatable bonds is 20. The fraction of sp³-hybridized carbons (Fsp3) is 0.560. The number of carboxylic acid groups (broad SMARTS) is 2. The second-order valence-electron chi connectivity index (χ2n) is 7.77. The predicted octanol–water partition coefficient (Wildman–Crippen LogP) is 3.43. The molecule has 0 aromatic carbocycles. The van der Waals surface area contributed by atoms with E-state index in [1.165, 1.54) is 31.0 Å². The molecule has 0 aromatic rings. The molecule has 0 saturated heterocycles. The Bertz CT molecular complexity index is 706. The standard InChI is InChI=1S/C25H40N2O6S/c1-2-3-4-5-6-7-8-9-10-11-12-13-16-22(21(28)15-14-17-23(29)30)34-19-20(26)25(33)27-18-24(31)32/h6-7,9-13,16,20-22,28H,2-5,8,14-15,17-19,26H2,1H3,(H,27,33)(H,29,30)(H,31,32)/b7-6-,10-9+,12-11+,16-13+/t20-,21+,22-/m0/s1. The number of aliphatic hydroxyl groups excluding tert-OH is 1. The molecule has 0 radical (unpaired) electrons. The highest BCUT2D eigenvalue weighted by Crippen LogP contribution is 2.21. The Balaban J connectivity index is 4.70. The summed E-state index contributed by atoms with van der Waals surface area (Å²) in [6.45, 7) is 1.68. The van der Waals surface area contributed by atoms with Gasteiger partial charge >= 0.3 is 11.9 Å². The summed E-state index contributed by atoms with van der Waals surface area (Å²) in [4.78, 5) is 33.2. The number of hydrogen-bond acceptors (Lipinski definition) is 6. The second kappa shape index (κ2) is 21.2. The largest absolute Gasteiger partial charge is 0.481 e. The van der Waals surface area contributed by atoms with Gasteiger partial charge in [0.25, 0.3) is 0 Å². The third-order valence-corrected chi connectivity index (χ3v) is 6.08. The summed E-state index contributed by atoms with van der Waals surface area (Å²) in [6, 6.07) is -0.931. The first kappa shape index (κ1) is 31.6. The number of unbranched alkanes of at least 4 members (excludes halogenated alkanes) is 3. The zero-order chi connectivity index (χ0) is 25.6. The molecule has 0 aliphatic heterocycles. The van der Waals surface area contributed by atoms with E-state index in [0.29, 0.717) is 12.8 Å². The number of carbonyl (C=O) groups excluding carboxylic acids is 1. The Morgan fingerprint density at radius 1 is 0.971 bits per heavy atom. The van der Waals surface area contributed by atoms with Gasteiger partial charge in [-0.25, -0.2) is 0 Å². The average molecular weight is 497 g/mol. The summed E-state index contributed by atoms with van der Waals surface area (Å²) in [5.41, 5.74) is 5.82. The molecular weight excluding hydrogens is 456 g/mol. The monoisotopic (exact) mass is 496 g/mol. The Kier molecular flexibility index (Phi) is 19.7. The van der Waals surface area contributed by atoms with Gasteiger partial charge in [0, 0.05) is 17.4 Å². The maximum atomic E-state index is 11.9. The lowest BCUT2D eigenvalue weighted by molar-refractivity contribution is -0.138. The number of hydrogen-bond donors (Lipinski definition) is 5. The van der Waals surface area contributed by atoms with E-state index in [-0.39, 0.29) is 12.2 Å². The van der Waals surface area contributed by atoms with Crippen molar-refractivity contribution in [1.82, 2.24) is 5.32 Å². The highest BCUT2D eigenvalue weighted by atomic mass is 32.2. The quantitative estimate of drug-likeness (QED) is 0.0977. The first-order chi connectivity index (χ1) is 16.3. The van der Waals surface area contributed by atoms with Crippen LogP contribution >= 0.6 is 11.8 Å². The van der Waals surface area contributed by atoms with Crippen molar-refractivity contribution >= 4 is 29.6 Å². The molecule has 192 valence electrons. The zero-order valence-electron chi connectivity index (χ0n) is 20.0. The van der Waals surface area contributed by atoms with Gasteiger partial charge in [-0.15, -0.1) is 11.8 Å². The Morgan fingerprint density at radius 3 is 2.38 bits per heavy atom. The number of carboxylic acids is 2. The van der Waals surface area contributed by atoms with Crippen LogP contribution in [0.5, 0.6) is 0 Å². The lowest BCUT2D eigenvalue weighted by atomic mass is 10.1. The molecule has 0 bridgehead atoms. The minimum Gasteiger partial charge on any atom is -0.481 e. The number of amides is 1. The van der Waals surface area contributed by atoms with E-state index >= 15 is 0 Å². The number of nitrogens with one attached hydrogen (secondary N) is 1. The normalized spacial score (nSPS) is 14.8. The van der Waals surface area contributed by atoms with Crippen molar-refractivity contribution < 1.29 is 29.7 Å². The summed E-state index contributed by atoms with van der Waals surface area (Å²) < 4.78 is 0. The molecule has 0 aliphatic carbocycles. The minimum atomic E-state index is -1.16. The molecule has 6 N–H and O–H groups in total. The van der Waals surface area contributed by atoms with Gasteiger partial charge < -0.3 is 26.4 Å². The minimum absolute atomic E-state index is 0.0347. The Labute approximate surface area is 207 Å². The van der Waals surface area contributed by atoms with Gasteiger partial charge in [0.05, 0.1) is 12.1 Å². The summed E-state index contributed by atoms with van der Waals surface area (Å²) >= 11 is 1.26. The van der Waals surface area contributed by atoms with Crippen molar-refractivity contribution in [2.45, 2.75) is 75.7 Å². The first-order valence-corrected chi connectivity index (χ1v) is 12.7. The van der Waals surface area contributed by atoms with E-state index in [0.717, 1.165) is 12.8 Å². The molecule has 3 atom stereocenters. The smallest absolute Gasteiger partial charge is 0.322 e. The molecular formula is C25H40N2O6S. The number of aliphatic carboxylic acids is 2. The summed E-state index contributed by atoms with van der Waals surface area (Å²) in [6.07, 6.45) is 21.1. The summed E-state index contributed by atoms with van der Waals surface area (Å²) in [7, 11) is 0. The number of thioether (sulfide) groups is 1. The molecule has 0 rings (SSSR count). The van der Waals surface area contributed by atoms with Gasteiger partial charge in [-0.2, -0.15) is 0 Å². The fourth-order valence-electron chi connectivity index (χ4n) is 2.77. The number of allylic oxidation sites excluding steroid dienone is 7. The molecule has 0 unspecified atom stereocenters. The van der Waals surface area contributed by atoms with Crippen molar-refractivity contribution in [2.75, 3.05) is 12.3 Å². The first-order valence-electron chi connectivity index (χ1n) is 11.7. The van der Waals surface area contributed by atoms with Crippen LogP contribution in [-0.4, -0.2) is 62.9 Å². The van der Waals surface area contributed by atoms with Gasteiger partial charge in [0.1, 0.15) is 6.54 Å². The van der Waals surface area contributed by atoms with Crippen molar-refractivity contribution in [3.63, 3.8) is 0 Å². The van der Waals surface area contributed by atoms with Crippen LogP contribution in [0, 0.1) is 0 Å². The second-order valence-corrected chi connectivity index (χ2v) is 8.98. The molecule has 9 heteroatoms. The predicted molar refractivity (Wildman–Crippen MR) is 138 cm³/mol. The van der Waals surface area contributed by atoms with Crippen molar-refractivity contribution in [3.8, 4) is 0 Å². The third-order valence-electron chi connectivity index (χ3n) is 4.67. The van der Waals surface area contributed by atoms with Crippen molar-refractivity contribution in [1.29, 1.82) is 0 Å². The van der Waals surface area contributed by atoms with Crippen molar-refractivity contribution in [2.24, 2.45) is 5.73 Å². The van der Waals surface area contributed by atoms with Gasteiger partial charge in [-0.05, 0) is 32.1 Å².